The van der Waals surface area contributed by atoms with Crippen LogP contribution in [0.25, 0.3) is 0 Å². The van der Waals surface area contributed by atoms with Gasteiger partial charge in [-0.15, -0.1) is 0 Å². The van der Waals surface area contributed by atoms with E-state index in [1.165, 1.54) is 13.1 Å². The second kappa shape index (κ2) is 8.04. The van der Waals surface area contributed by atoms with Gasteiger partial charge in [-0.25, -0.2) is 8.42 Å². The maximum atomic E-state index is 9.08. The van der Waals surface area contributed by atoms with Crippen molar-refractivity contribution in [2.45, 2.75) is 13.8 Å². The van der Waals surface area contributed by atoms with Gasteiger partial charge in [0.1, 0.15) is 6.54 Å². The fourth-order valence-corrected chi connectivity index (χ4v) is 0.852. The molecule has 0 aromatic carbocycles. The van der Waals surface area contributed by atoms with Crippen LogP contribution in [0.1, 0.15) is 13.8 Å². The van der Waals surface area contributed by atoms with Gasteiger partial charge < -0.3 is 13.8 Å². The number of rotatable bonds is 5. The number of hydrogen-bond acceptors (Lipinski definition) is 4. The van der Waals surface area contributed by atoms with E-state index in [-0.39, 0.29) is 0 Å². The second-order valence-electron chi connectivity index (χ2n) is 3.67. The standard InChI is InChI=1S/C8H20NO.CH4O3S/c1-5-9(3,6-2)7-8-10-4;1-5(2,3)4/h5-8H2,1-4H3;1H3,(H,2,3,4)/q+1;/p-1. The molecule has 0 aliphatic heterocycles. The molecule has 0 N–H and O–H groups in total. The minimum Gasteiger partial charge on any atom is -0.748 e. The van der Waals surface area contributed by atoms with Crippen LogP contribution in [-0.4, -0.2) is 64.1 Å². The van der Waals surface area contributed by atoms with Gasteiger partial charge in [-0.2, -0.15) is 0 Å². The third-order valence-electron chi connectivity index (χ3n) is 2.36. The van der Waals surface area contributed by atoms with Gasteiger partial charge >= 0.3 is 0 Å². The fraction of sp³-hybridized carbons (Fsp3) is 1.00. The van der Waals surface area contributed by atoms with Crippen molar-refractivity contribution in [3.8, 4) is 0 Å². The Kier molecular flexibility index (Phi) is 9.23. The maximum absolute atomic E-state index is 9.08. The summed E-state index contributed by atoms with van der Waals surface area (Å²) in [5.41, 5.74) is 0. The average molecular weight is 241 g/mol. The minimum absolute atomic E-state index is 0.604. The zero-order chi connectivity index (χ0) is 12.5. The Morgan fingerprint density at radius 3 is 1.80 bits per heavy atom. The lowest BCUT2D eigenvalue weighted by molar-refractivity contribution is -0.906. The number of methoxy groups -OCH3 is 1. The summed E-state index contributed by atoms with van der Waals surface area (Å²) >= 11 is 0. The first-order valence-electron chi connectivity index (χ1n) is 4.92. The Balaban J connectivity index is 0. The zero-order valence-electron chi connectivity index (χ0n) is 10.3. The van der Waals surface area contributed by atoms with Crippen LogP contribution in [0.5, 0.6) is 0 Å². The molecule has 0 spiro atoms. The predicted molar refractivity (Wildman–Crippen MR) is 59.6 cm³/mol. The Labute approximate surface area is 93.4 Å². The summed E-state index contributed by atoms with van der Waals surface area (Å²) in [4.78, 5) is 0. The molecule has 94 valence electrons. The third-order valence-corrected chi connectivity index (χ3v) is 2.36. The molecule has 15 heavy (non-hydrogen) atoms. The van der Waals surface area contributed by atoms with Crippen LogP contribution in [0.15, 0.2) is 0 Å². The number of quaternary nitrogens is 1. The SMILES string of the molecule is CC[N+](C)(CC)CCOC.CS(=O)(=O)[O-]. The highest BCUT2D eigenvalue weighted by Crippen LogP contribution is 1.99. The first-order chi connectivity index (χ1) is 6.68. The van der Waals surface area contributed by atoms with E-state index < -0.39 is 10.1 Å². The normalized spacial score (nSPS) is 11.9. The minimum atomic E-state index is -3.92. The molecule has 0 aliphatic rings. The quantitative estimate of drug-likeness (QED) is 0.512. The van der Waals surface area contributed by atoms with Gasteiger partial charge in [0.05, 0.1) is 36.9 Å². The molecule has 0 aliphatic carbocycles. The van der Waals surface area contributed by atoms with Gasteiger partial charge in [0.25, 0.3) is 0 Å². The molecule has 5 nitrogen and oxygen atoms in total. The molecule has 0 rings (SSSR count). The van der Waals surface area contributed by atoms with Gasteiger partial charge in [0.2, 0.25) is 0 Å². The van der Waals surface area contributed by atoms with Crippen LogP contribution < -0.4 is 0 Å². The van der Waals surface area contributed by atoms with Gasteiger partial charge in [-0.3, -0.25) is 0 Å². The fourth-order valence-electron chi connectivity index (χ4n) is 0.852. The molecule has 0 bridgehead atoms. The molecule has 0 fully saturated rings. The first kappa shape index (κ1) is 17.2. The van der Waals surface area contributed by atoms with Gasteiger partial charge in [0, 0.05) is 13.4 Å². The third kappa shape index (κ3) is 16.5. The van der Waals surface area contributed by atoms with Crippen LogP contribution in [-0.2, 0) is 14.9 Å². The zero-order valence-corrected chi connectivity index (χ0v) is 11.1. The summed E-state index contributed by atoms with van der Waals surface area (Å²) in [6.07, 6.45) is 0.604. The largest absolute Gasteiger partial charge is 0.748 e. The highest BCUT2D eigenvalue weighted by Gasteiger charge is 2.14. The summed E-state index contributed by atoms with van der Waals surface area (Å²) in [6.45, 7) is 8.83. The molecule has 0 heterocycles. The average Bonchev–Trinajstić information content (AvgIpc) is 2.12. The Morgan fingerprint density at radius 1 is 1.27 bits per heavy atom. The van der Waals surface area contributed by atoms with E-state index in [4.69, 9.17) is 17.7 Å². The first-order valence-corrected chi connectivity index (χ1v) is 6.73. The van der Waals surface area contributed by atoms with Gasteiger partial charge in [-0.1, -0.05) is 0 Å². The summed E-state index contributed by atoms with van der Waals surface area (Å²) in [5, 5.41) is 0. The van der Waals surface area contributed by atoms with Gasteiger partial charge in [0.15, 0.2) is 0 Å². The van der Waals surface area contributed by atoms with E-state index in [1.807, 2.05) is 0 Å². The number of likely N-dealkylation sites (N-methyl/N-ethyl adjacent to an activating group) is 1. The molecule has 0 aromatic heterocycles. The lowest BCUT2D eigenvalue weighted by Crippen LogP contribution is -2.45. The van der Waals surface area contributed by atoms with Crippen molar-refractivity contribution in [3.05, 3.63) is 0 Å². The Hall–Kier alpha value is -0.170. The Bertz CT molecular complexity index is 226. The van der Waals surface area contributed by atoms with Crippen LogP contribution in [0.3, 0.4) is 0 Å². The van der Waals surface area contributed by atoms with E-state index >= 15 is 0 Å². The summed E-state index contributed by atoms with van der Waals surface area (Å²) in [5.74, 6) is 0. The highest BCUT2D eigenvalue weighted by molar-refractivity contribution is 7.84. The molecule has 6 heteroatoms. The van der Waals surface area contributed by atoms with E-state index in [9.17, 15) is 0 Å². The van der Waals surface area contributed by atoms with Crippen molar-refractivity contribution in [3.63, 3.8) is 0 Å². The second-order valence-corrected chi connectivity index (χ2v) is 5.08. The summed E-state index contributed by atoms with van der Waals surface area (Å²) in [6, 6.07) is 0. The van der Waals surface area contributed by atoms with Crippen molar-refractivity contribution in [1.82, 2.24) is 0 Å². The molecular weight excluding hydrogens is 218 g/mol. The lowest BCUT2D eigenvalue weighted by atomic mass is 10.4. The van der Waals surface area contributed by atoms with E-state index in [0.717, 1.165) is 17.6 Å². The molecule has 0 saturated carbocycles. The van der Waals surface area contributed by atoms with Crippen molar-refractivity contribution >= 4 is 10.1 Å². The topological polar surface area (TPSA) is 66.4 Å². The van der Waals surface area contributed by atoms with E-state index in [1.54, 1.807) is 7.11 Å². The monoisotopic (exact) mass is 241 g/mol. The number of nitrogens with zero attached hydrogens (tertiary/aromatic N) is 1. The van der Waals surface area contributed by atoms with Crippen molar-refractivity contribution in [2.24, 2.45) is 0 Å². The number of hydrogen-bond donors (Lipinski definition) is 0. The van der Waals surface area contributed by atoms with Gasteiger partial charge in [-0.05, 0) is 13.8 Å². The molecule has 0 saturated heterocycles. The lowest BCUT2D eigenvalue weighted by Gasteiger charge is -2.31. The van der Waals surface area contributed by atoms with E-state index in [2.05, 4.69) is 20.9 Å². The van der Waals surface area contributed by atoms with Crippen LogP contribution in [0.4, 0.5) is 0 Å². The van der Waals surface area contributed by atoms with Crippen molar-refractivity contribution in [1.29, 1.82) is 0 Å². The summed E-state index contributed by atoms with van der Waals surface area (Å²) in [7, 11) is 0.106. The van der Waals surface area contributed by atoms with Crippen molar-refractivity contribution < 1.29 is 22.2 Å². The molecule has 0 radical (unpaired) electrons. The molecule has 0 unspecified atom stereocenters. The Morgan fingerprint density at radius 2 is 1.60 bits per heavy atom. The maximum Gasteiger partial charge on any atom is 0.102 e. The molecule has 0 amide bonds. The summed E-state index contributed by atoms with van der Waals surface area (Å²) < 4.78 is 33.4. The van der Waals surface area contributed by atoms with E-state index in [0.29, 0.717) is 6.26 Å². The van der Waals surface area contributed by atoms with Crippen molar-refractivity contribution in [2.75, 3.05) is 46.7 Å². The molecule has 0 atom stereocenters. The van der Waals surface area contributed by atoms with Crippen LogP contribution in [0.2, 0.25) is 0 Å². The van der Waals surface area contributed by atoms with Crippen LogP contribution >= 0.6 is 0 Å². The predicted octanol–water partition coefficient (Wildman–Crippen LogP) is 0.281. The molecule has 0 aromatic rings. The number of ether oxygens (including phenoxy) is 1. The molecular formula is C9H23NO4S. The van der Waals surface area contributed by atoms with Crippen LogP contribution in [0, 0.1) is 0 Å². The highest BCUT2D eigenvalue weighted by atomic mass is 32.2. The smallest absolute Gasteiger partial charge is 0.102 e.